The number of amides is 1. The molecule has 2 heterocycles. The molecule has 2 aromatic carbocycles. The number of rotatable bonds is 2. The van der Waals surface area contributed by atoms with Crippen LogP contribution in [0.25, 0.3) is 0 Å². The number of benzene rings is 2. The molecule has 1 aliphatic carbocycles. The van der Waals surface area contributed by atoms with Crippen molar-refractivity contribution in [2.45, 2.75) is 45.1 Å². The van der Waals surface area contributed by atoms with Crippen LogP contribution in [0.4, 0.5) is 0 Å². The largest absolute Gasteiger partial charge is 0.508 e. The molecule has 0 aromatic heterocycles. The average molecular weight is 401 g/mol. The molecular formula is C26H28N2O2. The Morgan fingerprint density at radius 2 is 1.87 bits per heavy atom. The number of aliphatic imine (C=N–C) groups is 1. The first kappa shape index (κ1) is 19.1. The van der Waals surface area contributed by atoms with Crippen molar-refractivity contribution in [2.75, 3.05) is 13.1 Å². The fourth-order valence-corrected chi connectivity index (χ4v) is 5.69. The first-order valence-corrected chi connectivity index (χ1v) is 10.8. The van der Waals surface area contributed by atoms with E-state index in [1.807, 2.05) is 47.4 Å². The van der Waals surface area contributed by atoms with Crippen LogP contribution in [0.1, 0.15) is 43.9 Å². The predicted octanol–water partition coefficient (Wildman–Crippen LogP) is 4.26. The number of fused-ring (bicyclic) bond motifs is 4. The molecule has 0 saturated carbocycles. The molecule has 3 aliphatic rings. The van der Waals surface area contributed by atoms with Crippen molar-refractivity contribution in [3.05, 3.63) is 76.9 Å². The summed E-state index contributed by atoms with van der Waals surface area (Å²) < 4.78 is 0. The van der Waals surface area contributed by atoms with Gasteiger partial charge in [0, 0.05) is 23.6 Å². The normalized spacial score (nSPS) is 26.6. The third-order valence-electron chi connectivity index (χ3n) is 7.96. The molecule has 1 amide bonds. The van der Waals surface area contributed by atoms with E-state index in [9.17, 15) is 9.90 Å². The van der Waals surface area contributed by atoms with Crippen molar-refractivity contribution in [3.8, 4) is 5.75 Å². The second kappa shape index (κ2) is 6.56. The molecule has 2 bridgehead atoms. The Labute approximate surface area is 178 Å². The number of hydrogen-bond donors (Lipinski definition) is 1. The van der Waals surface area contributed by atoms with E-state index in [1.54, 1.807) is 6.07 Å². The van der Waals surface area contributed by atoms with Crippen LogP contribution in [0.15, 0.2) is 65.2 Å². The predicted molar refractivity (Wildman–Crippen MR) is 119 cm³/mol. The van der Waals surface area contributed by atoms with E-state index in [2.05, 4.69) is 31.8 Å². The van der Waals surface area contributed by atoms with Gasteiger partial charge in [0.1, 0.15) is 5.75 Å². The Kier molecular flexibility index (Phi) is 4.18. The molecule has 154 valence electrons. The third kappa shape index (κ3) is 2.59. The molecular weight excluding hydrogens is 372 g/mol. The second-order valence-corrected chi connectivity index (χ2v) is 9.56. The molecule has 4 heteroatoms. The van der Waals surface area contributed by atoms with Crippen LogP contribution in [0.2, 0.25) is 0 Å². The van der Waals surface area contributed by atoms with Crippen molar-refractivity contribution >= 4 is 11.6 Å². The van der Waals surface area contributed by atoms with Crippen molar-refractivity contribution in [1.82, 2.24) is 4.90 Å². The van der Waals surface area contributed by atoms with Crippen molar-refractivity contribution < 1.29 is 9.90 Å². The number of likely N-dealkylation sites (tertiary alicyclic amines) is 1. The highest BCUT2D eigenvalue weighted by Crippen LogP contribution is 2.57. The molecule has 5 rings (SSSR count). The number of aromatic hydroxyl groups is 1. The summed E-state index contributed by atoms with van der Waals surface area (Å²) in [4.78, 5) is 20.3. The lowest BCUT2D eigenvalue weighted by Gasteiger charge is -2.60. The number of phenolic OH excluding ortho intramolecular Hbond substituents is 1. The average Bonchev–Trinajstić information content (AvgIpc) is 3.22. The molecule has 1 N–H and O–H groups in total. The number of piperidine rings is 1. The maximum Gasteiger partial charge on any atom is 0.252 e. The van der Waals surface area contributed by atoms with Gasteiger partial charge in [-0.3, -0.25) is 9.79 Å². The summed E-state index contributed by atoms with van der Waals surface area (Å²) in [5.74, 6) is 0.437. The van der Waals surface area contributed by atoms with Crippen molar-refractivity contribution in [2.24, 2.45) is 10.4 Å². The summed E-state index contributed by atoms with van der Waals surface area (Å²) in [5.41, 5.74) is 4.76. The first-order valence-electron chi connectivity index (χ1n) is 10.8. The van der Waals surface area contributed by atoms with Gasteiger partial charge < -0.3 is 10.0 Å². The van der Waals surface area contributed by atoms with E-state index < -0.39 is 0 Å². The minimum absolute atomic E-state index is 0.0474. The summed E-state index contributed by atoms with van der Waals surface area (Å²) in [6, 6.07) is 15.9. The highest BCUT2D eigenvalue weighted by atomic mass is 16.3. The standard InChI is InChI=1S/C26H28N2O2/c1-25(2)23-15-19-20(10-7-11-22(19)29)26(25,3)12-13-28(23)24(30)18-14-21(27-16-18)17-8-5-4-6-9-17/h4-11,14,23,29H,12-13,15-16H2,1-3H3/t23-,26-/m0/s1. The lowest BCUT2D eigenvalue weighted by atomic mass is 9.51. The minimum Gasteiger partial charge on any atom is -0.508 e. The molecule has 0 unspecified atom stereocenters. The Hall–Kier alpha value is -2.88. The topological polar surface area (TPSA) is 52.9 Å². The van der Waals surface area contributed by atoms with Crippen molar-refractivity contribution in [1.29, 1.82) is 0 Å². The third-order valence-corrected chi connectivity index (χ3v) is 7.96. The molecule has 30 heavy (non-hydrogen) atoms. The van der Waals surface area contributed by atoms with E-state index >= 15 is 0 Å². The van der Waals surface area contributed by atoms with Gasteiger partial charge in [0.05, 0.1) is 12.3 Å². The Morgan fingerprint density at radius 1 is 1.10 bits per heavy atom. The van der Waals surface area contributed by atoms with Gasteiger partial charge in [-0.05, 0) is 47.1 Å². The smallest absolute Gasteiger partial charge is 0.252 e. The maximum atomic E-state index is 13.6. The van der Waals surface area contributed by atoms with E-state index in [0.29, 0.717) is 18.7 Å². The number of hydrogen-bond acceptors (Lipinski definition) is 3. The first-order chi connectivity index (χ1) is 14.3. The van der Waals surface area contributed by atoms with Gasteiger partial charge >= 0.3 is 0 Å². The number of allylic oxidation sites excluding steroid dienone is 1. The minimum atomic E-state index is -0.0933. The quantitative estimate of drug-likeness (QED) is 0.819. The SMILES string of the molecule is CC1(C)[C@@H]2Cc3c(O)cccc3[C@]1(C)CCN2C(=O)C1=CC(c2ccccc2)=NC1. The van der Waals surface area contributed by atoms with Gasteiger partial charge in [0.15, 0.2) is 0 Å². The van der Waals surface area contributed by atoms with Gasteiger partial charge in [-0.1, -0.05) is 63.2 Å². The Balaban J connectivity index is 1.48. The highest BCUT2D eigenvalue weighted by Gasteiger charge is 2.57. The zero-order chi connectivity index (χ0) is 21.1. The summed E-state index contributed by atoms with van der Waals surface area (Å²) in [6.45, 7) is 8.02. The van der Waals surface area contributed by atoms with E-state index in [1.165, 1.54) is 5.56 Å². The fourth-order valence-electron chi connectivity index (χ4n) is 5.69. The molecule has 1 saturated heterocycles. The molecule has 0 spiro atoms. The number of carbonyl (C=O) groups excluding carboxylic acids is 1. The Morgan fingerprint density at radius 3 is 2.63 bits per heavy atom. The van der Waals surface area contributed by atoms with Crippen LogP contribution in [-0.4, -0.2) is 40.8 Å². The highest BCUT2D eigenvalue weighted by molar-refractivity contribution is 6.15. The summed E-state index contributed by atoms with van der Waals surface area (Å²) >= 11 is 0. The lowest BCUT2D eigenvalue weighted by molar-refractivity contribution is -0.139. The molecule has 2 atom stereocenters. The number of phenols is 1. The lowest BCUT2D eigenvalue weighted by Crippen LogP contribution is -2.65. The maximum absolute atomic E-state index is 13.6. The summed E-state index contributed by atoms with van der Waals surface area (Å²) in [7, 11) is 0. The molecule has 0 radical (unpaired) electrons. The van der Waals surface area contributed by atoms with Gasteiger partial charge in [0.25, 0.3) is 5.91 Å². The van der Waals surface area contributed by atoms with Crippen LogP contribution in [-0.2, 0) is 16.6 Å². The van der Waals surface area contributed by atoms with Gasteiger partial charge in [-0.25, -0.2) is 0 Å². The molecule has 1 fully saturated rings. The van der Waals surface area contributed by atoms with Gasteiger partial charge in [0.2, 0.25) is 0 Å². The zero-order valence-electron chi connectivity index (χ0n) is 17.9. The van der Waals surface area contributed by atoms with Crippen molar-refractivity contribution in [3.63, 3.8) is 0 Å². The van der Waals surface area contributed by atoms with Crippen LogP contribution in [0.5, 0.6) is 5.75 Å². The second-order valence-electron chi connectivity index (χ2n) is 9.56. The molecule has 4 nitrogen and oxygen atoms in total. The van der Waals surface area contributed by atoms with Gasteiger partial charge in [-0.15, -0.1) is 0 Å². The number of nitrogens with zero attached hydrogens (tertiary/aromatic N) is 2. The monoisotopic (exact) mass is 400 g/mol. The Bertz CT molecular complexity index is 1080. The zero-order valence-corrected chi connectivity index (χ0v) is 17.9. The van der Waals surface area contributed by atoms with E-state index in [-0.39, 0.29) is 22.8 Å². The fraction of sp³-hybridized carbons (Fsp3) is 0.385. The van der Waals surface area contributed by atoms with Gasteiger partial charge in [-0.2, -0.15) is 0 Å². The summed E-state index contributed by atoms with van der Waals surface area (Å²) in [5, 5.41) is 10.6. The van der Waals surface area contributed by atoms with Crippen LogP contribution in [0.3, 0.4) is 0 Å². The number of carbonyl (C=O) groups is 1. The van der Waals surface area contributed by atoms with Crippen LogP contribution < -0.4 is 0 Å². The van der Waals surface area contributed by atoms with Crippen LogP contribution in [0, 0.1) is 5.41 Å². The van der Waals surface area contributed by atoms with E-state index in [4.69, 9.17) is 0 Å². The molecule has 2 aliphatic heterocycles. The molecule has 2 aromatic rings. The summed E-state index contributed by atoms with van der Waals surface area (Å²) in [6.07, 6.45) is 3.53. The van der Waals surface area contributed by atoms with Crippen LogP contribution >= 0.6 is 0 Å². The van der Waals surface area contributed by atoms with E-state index in [0.717, 1.165) is 35.4 Å².